The van der Waals surface area contributed by atoms with Gasteiger partial charge < -0.3 is 20.5 Å². The summed E-state index contributed by atoms with van der Waals surface area (Å²) in [5, 5.41) is 20.3. The van der Waals surface area contributed by atoms with Crippen molar-refractivity contribution in [3.8, 4) is 11.5 Å². The zero-order valence-corrected chi connectivity index (χ0v) is 11.3. The Kier molecular flexibility index (Phi) is 2.55. The monoisotopic (exact) mass is 290 g/mol. The summed E-state index contributed by atoms with van der Waals surface area (Å²) in [5.74, 6) is -0.387. The summed E-state index contributed by atoms with van der Waals surface area (Å²) in [4.78, 5) is 12.5. The number of benzene rings is 2. The highest BCUT2D eigenvalue weighted by molar-refractivity contribution is 6.34. The molecule has 0 amide bonds. The molecule has 0 aliphatic carbocycles. The van der Waals surface area contributed by atoms with Crippen molar-refractivity contribution in [1.29, 1.82) is 0 Å². The normalized spacial score (nSPS) is 11.3. The molecule has 2 aromatic carbocycles. The lowest BCUT2D eigenvalue weighted by atomic mass is 10.1. The van der Waals surface area contributed by atoms with E-state index in [1.807, 2.05) is 0 Å². The molecule has 102 valence electrons. The summed E-state index contributed by atoms with van der Waals surface area (Å²) in [6.07, 6.45) is 0. The van der Waals surface area contributed by atoms with E-state index in [2.05, 4.69) is 0 Å². The Balaban J connectivity index is 2.68. The first-order chi connectivity index (χ1) is 9.40. The van der Waals surface area contributed by atoms with Gasteiger partial charge >= 0.3 is 0 Å². The molecule has 6 heteroatoms. The van der Waals surface area contributed by atoms with Gasteiger partial charge in [0, 0.05) is 24.6 Å². The highest BCUT2D eigenvalue weighted by Gasteiger charge is 2.14. The number of nitrogen functional groups attached to an aromatic ring is 1. The second kappa shape index (κ2) is 4.05. The van der Waals surface area contributed by atoms with E-state index in [4.69, 9.17) is 17.3 Å². The van der Waals surface area contributed by atoms with E-state index in [1.165, 1.54) is 12.1 Å². The van der Waals surface area contributed by atoms with Crippen molar-refractivity contribution in [3.05, 3.63) is 39.5 Å². The first-order valence-corrected chi connectivity index (χ1v) is 6.21. The van der Waals surface area contributed by atoms with E-state index in [0.717, 1.165) is 6.07 Å². The van der Waals surface area contributed by atoms with Crippen LogP contribution >= 0.6 is 11.6 Å². The van der Waals surface area contributed by atoms with Crippen LogP contribution in [0.5, 0.6) is 11.5 Å². The Hall–Kier alpha value is -2.40. The number of nitrogens with zero attached hydrogens (tertiary/aromatic N) is 1. The largest absolute Gasteiger partial charge is 0.508 e. The number of fused-ring (bicyclic) bond motifs is 2. The number of hydrogen-bond acceptors (Lipinski definition) is 4. The van der Waals surface area contributed by atoms with E-state index in [-0.39, 0.29) is 22.3 Å². The molecule has 5 nitrogen and oxygen atoms in total. The molecule has 3 aromatic rings. The molecule has 0 atom stereocenters. The quantitative estimate of drug-likeness (QED) is 0.438. The predicted molar refractivity (Wildman–Crippen MR) is 79.4 cm³/mol. The lowest BCUT2D eigenvalue weighted by Gasteiger charge is -2.12. The van der Waals surface area contributed by atoms with Crippen molar-refractivity contribution < 1.29 is 10.2 Å². The van der Waals surface area contributed by atoms with E-state index in [9.17, 15) is 15.0 Å². The Labute approximate surface area is 118 Å². The van der Waals surface area contributed by atoms with Gasteiger partial charge in [-0.2, -0.15) is 0 Å². The number of phenols is 2. The molecule has 3 rings (SSSR count). The Bertz CT molecular complexity index is 931. The lowest BCUT2D eigenvalue weighted by molar-refractivity contribution is 0.454. The average Bonchev–Trinajstić information content (AvgIpc) is 2.37. The molecule has 0 bridgehead atoms. The second-order valence-electron chi connectivity index (χ2n) is 4.64. The van der Waals surface area contributed by atoms with Crippen molar-refractivity contribution in [2.24, 2.45) is 7.05 Å². The van der Waals surface area contributed by atoms with E-state index >= 15 is 0 Å². The van der Waals surface area contributed by atoms with Crippen LogP contribution in [0.3, 0.4) is 0 Å². The summed E-state index contributed by atoms with van der Waals surface area (Å²) < 4.78 is 1.68. The third-order valence-corrected chi connectivity index (χ3v) is 3.72. The molecule has 0 unspecified atom stereocenters. The maximum Gasteiger partial charge on any atom is 0.201 e. The number of anilines is 1. The minimum Gasteiger partial charge on any atom is -0.508 e. The molecule has 1 aromatic heterocycles. The van der Waals surface area contributed by atoms with Gasteiger partial charge in [-0.25, -0.2) is 0 Å². The van der Waals surface area contributed by atoms with Crippen molar-refractivity contribution in [2.75, 3.05) is 5.73 Å². The van der Waals surface area contributed by atoms with Gasteiger partial charge in [0.1, 0.15) is 11.5 Å². The standard InChI is InChI=1S/C14H11ClN2O3/c1-17-10-5-8(15)9(16)4-7(10)14(20)13-11(17)2-6(18)3-12(13)19/h2-5,18-19H,16H2,1H3. The highest BCUT2D eigenvalue weighted by atomic mass is 35.5. The van der Waals surface area contributed by atoms with Gasteiger partial charge in [-0.1, -0.05) is 11.6 Å². The fraction of sp³-hybridized carbons (Fsp3) is 0.0714. The number of hydrogen-bond donors (Lipinski definition) is 3. The smallest absolute Gasteiger partial charge is 0.201 e. The Morgan fingerprint density at radius 2 is 1.85 bits per heavy atom. The van der Waals surface area contributed by atoms with Crippen LogP contribution in [-0.2, 0) is 7.05 Å². The molecule has 4 N–H and O–H groups in total. The number of rotatable bonds is 0. The van der Waals surface area contributed by atoms with Gasteiger partial charge in [0.25, 0.3) is 0 Å². The van der Waals surface area contributed by atoms with Crippen molar-refractivity contribution >= 4 is 39.1 Å². The van der Waals surface area contributed by atoms with Crippen molar-refractivity contribution in [2.45, 2.75) is 0 Å². The third kappa shape index (κ3) is 1.60. The highest BCUT2D eigenvalue weighted by Crippen LogP contribution is 2.31. The van der Waals surface area contributed by atoms with Crippen LogP contribution in [0.4, 0.5) is 5.69 Å². The van der Waals surface area contributed by atoms with E-state index in [1.54, 1.807) is 17.7 Å². The van der Waals surface area contributed by atoms with Crippen LogP contribution in [0, 0.1) is 0 Å². The molecule has 0 radical (unpaired) electrons. The van der Waals surface area contributed by atoms with Crippen LogP contribution in [0.25, 0.3) is 21.8 Å². The number of aromatic nitrogens is 1. The minimum absolute atomic E-state index is 0.120. The lowest BCUT2D eigenvalue weighted by Crippen LogP contribution is -2.10. The first-order valence-electron chi connectivity index (χ1n) is 5.83. The fourth-order valence-electron chi connectivity index (χ4n) is 2.40. The molecule has 1 heterocycles. The van der Waals surface area contributed by atoms with E-state index < -0.39 is 0 Å². The molecule has 0 saturated carbocycles. The van der Waals surface area contributed by atoms with Gasteiger partial charge in [-0.05, 0) is 12.1 Å². The number of pyridine rings is 1. The summed E-state index contributed by atoms with van der Waals surface area (Å²) in [6, 6.07) is 5.63. The maximum absolute atomic E-state index is 12.5. The van der Waals surface area contributed by atoms with Gasteiger partial charge in [-0.15, -0.1) is 0 Å². The summed E-state index contributed by atoms with van der Waals surface area (Å²) in [6.45, 7) is 0. The molecule has 0 spiro atoms. The van der Waals surface area contributed by atoms with Gasteiger partial charge in [0.05, 0.1) is 27.1 Å². The summed E-state index contributed by atoms with van der Waals surface area (Å²) in [7, 11) is 1.72. The predicted octanol–water partition coefficient (Wildman–Crippen LogP) is 2.34. The number of aromatic hydroxyl groups is 2. The van der Waals surface area contributed by atoms with Crippen LogP contribution in [0.1, 0.15) is 0 Å². The van der Waals surface area contributed by atoms with Crippen LogP contribution in [0.2, 0.25) is 5.02 Å². The average molecular weight is 291 g/mol. The molecule has 0 fully saturated rings. The SMILES string of the molecule is Cn1c2cc(Cl)c(N)cc2c(=O)c2c(O)cc(O)cc21. The first kappa shape index (κ1) is 12.6. The molecule has 0 aliphatic heterocycles. The second-order valence-corrected chi connectivity index (χ2v) is 5.05. The van der Waals surface area contributed by atoms with Crippen LogP contribution in [-0.4, -0.2) is 14.8 Å². The van der Waals surface area contributed by atoms with Gasteiger partial charge in [-0.3, -0.25) is 4.79 Å². The summed E-state index contributed by atoms with van der Waals surface area (Å²) >= 11 is 5.99. The topological polar surface area (TPSA) is 88.5 Å². The van der Waals surface area contributed by atoms with Crippen LogP contribution in [0.15, 0.2) is 29.1 Å². The zero-order chi connectivity index (χ0) is 14.6. The molecule has 0 aliphatic rings. The fourth-order valence-corrected chi connectivity index (χ4v) is 2.56. The third-order valence-electron chi connectivity index (χ3n) is 3.39. The molecular formula is C14H11ClN2O3. The summed E-state index contributed by atoms with van der Waals surface area (Å²) in [5.41, 5.74) is 6.67. The minimum atomic E-state index is -0.353. The zero-order valence-electron chi connectivity index (χ0n) is 10.5. The number of aryl methyl sites for hydroxylation is 1. The van der Waals surface area contributed by atoms with Gasteiger partial charge in [0.2, 0.25) is 5.43 Å². The van der Waals surface area contributed by atoms with Crippen molar-refractivity contribution in [1.82, 2.24) is 4.57 Å². The maximum atomic E-state index is 12.5. The molecule has 20 heavy (non-hydrogen) atoms. The molecule has 0 saturated heterocycles. The van der Waals surface area contributed by atoms with Crippen molar-refractivity contribution in [3.63, 3.8) is 0 Å². The number of nitrogens with two attached hydrogens (primary N) is 1. The number of phenolic OH excluding ortho intramolecular Hbond substituents is 2. The van der Waals surface area contributed by atoms with Gasteiger partial charge in [0.15, 0.2) is 0 Å². The Morgan fingerprint density at radius 1 is 1.15 bits per heavy atom. The van der Waals surface area contributed by atoms with E-state index in [0.29, 0.717) is 27.1 Å². The van der Waals surface area contributed by atoms with Crippen LogP contribution < -0.4 is 11.2 Å². The Morgan fingerprint density at radius 3 is 2.55 bits per heavy atom. The number of halogens is 1. The molecular weight excluding hydrogens is 280 g/mol.